The van der Waals surface area contributed by atoms with Crippen molar-refractivity contribution in [1.82, 2.24) is 0 Å². The first-order valence-corrected chi connectivity index (χ1v) is 5.45. The predicted octanol–water partition coefficient (Wildman–Crippen LogP) is 2.02. The molecule has 0 aliphatic carbocycles. The Morgan fingerprint density at radius 3 is 2.71 bits per heavy atom. The number of methoxy groups -OCH3 is 2. The number of carbonyl (C=O) groups is 1. The third-order valence-electron chi connectivity index (χ3n) is 2.18. The standard InChI is InChI=1S/C13H18O4/c1-10(8-15-2)17-13(14)12-6-4-5-11(7-12)9-16-3/h4-7,10H,8-9H2,1-3H3. The predicted molar refractivity (Wildman–Crippen MR) is 63.9 cm³/mol. The van der Waals surface area contributed by atoms with Gasteiger partial charge in [-0.3, -0.25) is 0 Å². The van der Waals surface area contributed by atoms with E-state index in [1.165, 1.54) is 0 Å². The molecule has 1 unspecified atom stereocenters. The molecule has 1 aromatic rings. The molecule has 0 aliphatic heterocycles. The third-order valence-corrected chi connectivity index (χ3v) is 2.18. The van der Waals surface area contributed by atoms with E-state index in [-0.39, 0.29) is 12.1 Å². The molecule has 1 aromatic carbocycles. The van der Waals surface area contributed by atoms with E-state index in [2.05, 4.69) is 0 Å². The fraction of sp³-hybridized carbons (Fsp3) is 0.462. The number of carbonyl (C=O) groups excluding carboxylic acids is 1. The Morgan fingerprint density at radius 2 is 2.06 bits per heavy atom. The molecule has 1 atom stereocenters. The maximum absolute atomic E-state index is 11.8. The lowest BCUT2D eigenvalue weighted by Crippen LogP contribution is -2.19. The summed E-state index contributed by atoms with van der Waals surface area (Å²) in [7, 11) is 3.19. The molecule has 0 aliphatic rings. The van der Waals surface area contributed by atoms with E-state index >= 15 is 0 Å². The molecule has 4 heteroatoms. The number of benzene rings is 1. The van der Waals surface area contributed by atoms with Crippen LogP contribution in [0.15, 0.2) is 24.3 Å². The van der Waals surface area contributed by atoms with Gasteiger partial charge in [0, 0.05) is 14.2 Å². The van der Waals surface area contributed by atoms with Crippen LogP contribution in [0.5, 0.6) is 0 Å². The molecule has 0 spiro atoms. The van der Waals surface area contributed by atoms with Crippen molar-refractivity contribution in [2.75, 3.05) is 20.8 Å². The van der Waals surface area contributed by atoms with Crippen molar-refractivity contribution < 1.29 is 19.0 Å². The molecular weight excluding hydrogens is 220 g/mol. The fourth-order valence-corrected chi connectivity index (χ4v) is 1.47. The topological polar surface area (TPSA) is 44.8 Å². The van der Waals surface area contributed by atoms with Crippen LogP contribution < -0.4 is 0 Å². The second-order valence-corrected chi connectivity index (χ2v) is 3.80. The van der Waals surface area contributed by atoms with Gasteiger partial charge < -0.3 is 14.2 Å². The zero-order valence-electron chi connectivity index (χ0n) is 10.4. The lowest BCUT2D eigenvalue weighted by Gasteiger charge is -2.12. The van der Waals surface area contributed by atoms with E-state index in [1.807, 2.05) is 12.1 Å². The zero-order chi connectivity index (χ0) is 12.7. The summed E-state index contributed by atoms with van der Waals surface area (Å²) < 4.78 is 15.1. The molecule has 0 fully saturated rings. The van der Waals surface area contributed by atoms with Crippen molar-refractivity contribution in [1.29, 1.82) is 0 Å². The summed E-state index contributed by atoms with van der Waals surface area (Å²) >= 11 is 0. The average molecular weight is 238 g/mol. The summed E-state index contributed by atoms with van der Waals surface area (Å²) in [6, 6.07) is 7.21. The van der Waals surface area contributed by atoms with Crippen molar-refractivity contribution >= 4 is 5.97 Å². The summed E-state index contributed by atoms with van der Waals surface area (Å²) in [6.07, 6.45) is -0.251. The summed E-state index contributed by atoms with van der Waals surface area (Å²) in [5.74, 6) is -0.340. The van der Waals surface area contributed by atoms with Crippen LogP contribution in [-0.4, -0.2) is 32.9 Å². The smallest absolute Gasteiger partial charge is 0.338 e. The summed E-state index contributed by atoms with van der Waals surface area (Å²) in [4.78, 5) is 11.8. The first-order valence-electron chi connectivity index (χ1n) is 5.45. The first-order chi connectivity index (χ1) is 8.17. The van der Waals surface area contributed by atoms with Crippen LogP contribution >= 0.6 is 0 Å². The third kappa shape index (κ3) is 4.54. The Hall–Kier alpha value is -1.39. The van der Waals surface area contributed by atoms with Crippen molar-refractivity contribution in [2.24, 2.45) is 0 Å². The molecule has 1 rings (SSSR count). The molecular formula is C13H18O4. The van der Waals surface area contributed by atoms with Gasteiger partial charge in [0.15, 0.2) is 0 Å². The Morgan fingerprint density at radius 1 is 1.29 bits per heavy atom. The number of rotatable bonds is 6. The van der Waals surface area contributed by atoms with Crippen molar-refractivity contribution in [3.8, 4) is 0 Å². The maximum Gasteiger partial charge on any atom is 0.338 e. The van der Waals surface area contributed by atoms with Gasteiger partial charge in [0.1, 0.15) is 6.10 Å². The van der Waals surface area contributed by atoms with Crippen LogP contribution in [0.1, 0.15) is 22.8 Å². The van der Waals surface area contributed by atoms with Crippen LogP contribution in [0.2, 0.25) is 0 Å². The minimum atomic E-state index is -0.340. The molecule has 17 heavy (non-hydrogen) atoms. The zero-order valence-corrected chi connectivity index (χ0v) is 10.4. The fourth-order valence-electron chi connectivity index (χ4n) is 1.47. The highest BCUT2D eigenvalue weighted by molar-refractivity contribution is 5.89. The van der Waals surface area contributed by atoms with E-state index in [1.54, 1.807) is 33.3 Å². The Kier molecular flexibility index (Phi) is 5.66. The normalized spacial score (nSPS) is 12.2. The Balaban J connectivity index is 2.65. The highest BCUT2D eigenvalue weighted by Gasteiger charge is 2.12. The van der Waals surface area contributed by atoms with Gasteiger partial charge in [0.05, 0.1) is 18.8 Å². The van der Waals surface area contributed by atoms with E-state index in [9.17, 15) is 4.79 Å². The second kappa shape index (κ2) is 7.04. The van der Waals surface area contributed by atoms with Crippen LogP contribution in [0, 0.1) is 0 Å². The highest BCUT2D eigenvalue weighted by Crippen LogP contribution is 2.09. The average Bonchev–Trinajstić information content (AvgIpc) is 2.30. The lowest BCUT2D eigenvalue weighted by atomic mass is 10.1. The summed E-state index contributed by atoms with van der Waals surface area (Å²) in [6.45, 7) is 2.67. The largest absolute Gasteiger partial charge is 0.457 e. The van der Waals surface area contributed by atoms with Crippen molar-refractivity contribution in [3.63, 3.8) is 0 Å². The molecule has 0 bridgehead atoms. The molecule has 0 heterocycles. The number of ether oxygens (including phenoxy) is 3. The van der Waals surface area contributed by atoms with Gasteiger partial charge in [-0.1, -0.05) is 12.1 Å². The molecule has 4 nitrogen and oxygen atoms in total. The van der Waals surface area contributed by atoms with E-state index in [0.29, 0.717) is 18.8 Å². The molecule has 0 amide bonds. The number of esters is 1. The molecule has 0 saturated carbocycles. The van der Waals surface area contributed by atoms with Gasteiger partial charge in [-0.05, 0) is 24.6 Å². The molecule has 0 aromatic heterocycles. The number of hydrogen-bond acceptors (Lipinski definition) is 4. The van der Waals surface area contributed by atoms with Gasteiger partial charge in [0.25, 0.3) is 0 Å². The molecule has 0 radical (unpaired) electrons. The quantitative estimate of drug-likeness (QED) is 0.711. The van der Waals surface area contributed by atoms with Crippen molar-refractivity contribution in [2.45, 2.75) is 19.6 Å². The minimum Gasteiger partial charge on any atom is -0.457 e. The Labute approximate surface area is 101 Å². The summed E-state index contributed by atoms with van der Waals surface area (Å²) in [5.41, 5.74) is 1.48. The monoisotopic (exact) mass is 238 g/mol. The van der Waals surface area contributed by atoms with E-state index in [4.69, 9.17) is 14.2 Å². The van der Waals surface area contributed by atoms with Crippen LogP contribution in [0.3, 0.4) is 0 Å². The Bertz CT molecular complexity index is 362. The lowest BCUT2D eigenvalue weighted by molar-refractivity contribution is 0.0120. The molecule has 94 valence electrons. The minimum absolute atomic E-state index is 0.251. The second-order valence-electron chi connectivity index (χ2n) is 3.80. The van der Waals surface area contributed by atoms with Gasteiger partial charge in [-0.2, -0.15) is 0 Å². The highest BCUT2D eigenvalue weighted by atomic mass is 16.6. The maximum atomic E-state index is 11.8. The van der Waals surface area contributed by atoms with E-state index in [0.717, 1.165) is 5.56 Å². The first kappa shape index (κ1) is 13.7. The van der Waals surface area contributed by atoms with Gasteiger partial charge in [-0.25, -0.2) is 4.79 Å². The van der Waals surface area contributed by atoms with Crippen LogP contribution in [0.4, 0.5) is 0 Å². The summed E-state index contributed by atoms with van der Waals surface area (Å²) in [5, 5.41) is 0. The van der Waals surface area contributed by atoms with Gasteiger partial charge in [0.2, 0.25) is 0 Å². The number of hydrogen-bond donors (Lipinski definition) is 0. The molecule has 0 N–H and O–H groups in total. The van der Waals surface area contributed by atoms with Gasteiger partial charge >= 0.3 is 5.97 Å². The van der Waals surface area contributed by atoms with Crippen LogP contribution in [-0.2, 0) is 20.8 Å². The van der Waals surface area contributed by atoms with Crippen LogP contribution in [0.25, 0.3) is 0 Å². The van der Waals surface area contributed by atoms with Gasteiger partial charge in [-0.15, -0.1) is 0 Å². The SMILES string of the molecule is COCc1cccc(C(=O)OC(C)COC)c1. The van der Waals surface area contributed by atoms with E-state index < -0.39 is 0 Å². The molecule has 0 saturated heterocycles. The van der Waals surface area contributed by atoms with Crippen molar-refractivity contribution in [3.05, 3.63) is 35.4 Å².